The quantitative estimate of drug-likeness (QED) is 0.303. The second kappa shape index (κ2) is 4.73. The van der Waals surface area contributed by atoms with Gasteiger partial charge in [-0.25, -0.2) is 0 Å². The zero-order valence-electron chi connectivity index (χ0n) is 10.3. The van der Waals surface area contributed by atoms with Crippen molar-refractivity contribution >= 4 is 5.97 Å². The third-order valence-corrected chi connectivity index (χ3v) is 2.98. The van der Waals surface area contributed by atoms with Crippen molar-refractivity contribution < 1.29 is 24.5 Å². The number of hydrogen-bond donors (Lipinski definition) is 2. The Kier molecular flexibility index (Phi) is 3.44. The molecular formula is C13H16O5. The molecule has 2 N–H and O–H groups in total. The molecule has 1 heterocycles. The molecule has 18 heavy (non-hydrogen) atoms. The number of esters is 1. The van der Waals surface area contributed by atoms with Crippen LogP contribution in [-0.4, -0.2) is 46.7 Å². The molecule has 1 aliphatic carbocycles. The lowest BCUT2D eigenvalue weighted by Crippen LogP contribution is -2.36. The Balaban J connectivity index is 1.98. The van der Waals surface area contributed by atoms with E-state index in [2.05, 4.69) is 11.8 Å². The van der Waals surface area contributed by atoms with Gasteiger partial charge in [-0.15, -0.1) is 0 Å². The van der Waals surface area contributed by atoms with Crippen molar-refractivity contribution in [2.45, 2.75) is 37.8 Å². The number of hydrogen-bond acceptors (Lipinski definition) is 5. The van der Waals surface area contributed by atoms with Crippen molar-refractivity contribution in [2.75, 3.05) is 6.61 Å². The molecule has 1 fully saturated rings. The molecule has 1 saturated heterocycles. The van der Waals surface area contributed by atoms with E-state index in [0.29, 0.717) is 0 Å². The summed E-state index contributed by atoms with van der Waals surface area (Å²) in [6.07, 6.45) is 0.959. The van der Waals surface area contributed by atoms with Crippen LogP contribution in [0.5, 0.6) is 0 Å². The van der Waals surface area contributed by atoms with Gasteiger partial charge in [-0.05, 0) is 6.92 Å². The zero-order chi connectivity index (χ0) is 13.3. The maximum atomic E-state index is 10.6. The number of aliphatic hydroxyl groups is 2. The van der Waals surface area contributed by atoms with E-state index in [4.69, 9.17) is 9.47 Å². The first-order valence-electron chi connectivity index (χ1n) is 5.84. The largest absolute Gasteiger partial charge is 0.465 e. The van der Waals surface area contributed by atoms with Crippen molar-refractivity contribution in [1.82, 2.24) is 0 Å². The van der Waals surface area contributed by atoms with Crippen molar-refractivity contribution in [3.05, 3.63) is 12.2 Å². The molecule has 0 amide bonds. The minimum absolute atomic E-state index is 0.150. The molecule has 0 spiro atoms. The molecule has 5 atom stereocenters. The number of carbonyl (C=O) groups excluding carboxylic acids is 1. The summed E-state index contributed by atoms with van der Waals surface area (Å²) >= 11 is 0. The molecule has 5 unspecified atom stereocenters. The van der Waals surface area contributed by atoms with Crippen LogP contribution >= 0.6 is 0 Å². The van der Waals surface area contributed by atoms with Gasteiger partial charge in [0.15, 0.2) is 5.60 Å². The van der Waals surface area contributed by atoms with E-state index in [1.807, 2.05) is 6.92 Å². The zero-order valence-corrected chi connectivity index (χ0v) is 10.3. The summed E-state index contributed by atoms with van der Waals surface area (Å²) in [6, 6.07) is 0. The van der Waals surface area contributed by atoms with Crippen LogP contribution in [0, 0.1) is 17.8 Å². The van der Waals surface area contributed by atoms with Gasteiger partial charge in [0.05, 0.1) is 5.92 Å². The third-order valence-electron chi connectivity index (χ3n) is 2.98. The first-order valence-corrected chi connectivity index (χ1v) is 5.84. The van der Waals surface area contributed by atoms with Crippen LogP contribution in [0.25, 0.3) is 0 Å². The Morgan fingerprint density at radius 2 is 2.28 bits per heavy atom. The lowest BCUT2D eigenvalue weighted by atomic mass is 9.90. The number of epoxide rings is 1. The minimum Gasteiger partial charge on any atom is -0.465 e. The summed E-state index contributed by atoms with van der Waals surface area (Å²) in [6.45, 7) is 3.36. The highest BCUT2D eigenvalue weighted by Gasteiger charge is 2.64. The number of ether oxygens (including phenoxy) is 2. The lowest BCUT2D eigenvalue weighted by molar-refractivity contribution is -0.141. The summed E-state index contributed by atoms with van der Waals surface area (Å²) in [4.78, 5) is 10.6. The number of rotatable bonds is 2. The van der Waals surface area contributed by atoms with E-state index in [1.54, 1.807) is 0 Å². The average Bonchev–Trinajstić information content (AvgIpc) is 3.06. The number of fused-ring (bicyclic) bond motifs is 1. The lowest BCUT2D eigenvalue weighted by Gasteiger charge is -2.16. The predicted octanol–water partition coefficient (Wildman–Crippen LogP) is -0.382. The molecule has 2 rings (SSSR count). The predicted molar refractivity (Wildman–Crippen MR) is 62.3 cm³/mol. The van der Waals surface area contributed by atoms with E-state index in [1.165, 1.54) is 19.1 Å². The Hall–Kier alpha value is -1.35. The van der Waals surface area contributed by atoms with Gasteiger partial charge in [0.1, 0.15) is 24.9 Å². The van der Waals surface area contributed by atoms with Gasteiger partial charge in [-0.1, -0.05) is 24.0 Å². The van der Waals surface area contributed by atoms with Gasteiger partial charge in [-0.3, -0.25) is 4.79 Å². The summed E-state index contributed by atoms with van der Waals surface area (Å²) < 4.78 is 10.2. The van der Waals surface area contributed by atoms with Gasteiger partial charge in [0.25, 0.3) is 0 Å². The summed E-state index contributed by atoms with van der Waals surface area (Å²) in [7, 11) is 0. The fourth-order valence-electron chi connectivity index (χ4n) is 1.89. The first kappa shape index (κ1) is 13.1. The van der Waals surface area contributed by atoms with Gasteiger partial charge in [0, 0.05) is 6.92 Å². The van der Waals surface area contributed by atoms with E-state index >= 15 is 0 Å². The van der Waals surface area contributed by atoms with Crippen LogP contribution in [0.3, 0.4) is 0 Å². The summed E-state index contributed by atoms with van der Waals surface area (Å²) in [5.41, 5.74) is -0.987. The fourth-order valence-corrected chi connectivity index (χ4v) is 1.89. The van der Waals surface area contributed by atoms with Crippen molar-refractivity contribution in [1.29, 1.82) is 0 Å². The van der Waals surface area contributed by atoms with E-state index in [9.17, 15) is 15.0 Å². The van der Waals surface area contributed by atoms with Crippen LogP contribution in [-0.2, 0) is 14.3 Å². The van der Waals surface area contributed by atoms with Crippen molar-refractivity contribution in [3.8, 4) is 11.8 Å². The monoisotopic (exact) mass is 252 g/mol. The summed E-state index contributed by atoms with van der Waals surface area (Å²) in [5.74, 6) is 5.24. The van der Waals surface area contributed by atoms with Crippen LogP contribution in [0.4, 0.5) is 0 Å². The Bertz CT molecular complexity index is 432. The second-order valence-corrected chi connectivity index (χ2v) is 4.62. The fraction of sp³-hybridized carbons (Fsp3) is 0.615. The normalized spacial score (nSPS) is 38.1. The van der Waals surface area contributed by atoms with Crippen LogP contribution in [0.1, 0.15) is 13.8 Å². The number of carbonyl (C=O) groups is 1. The molecule has 0 saturated carbocycles. The number of aliphatic hydroxyl groups excluding tert-OH is 2. The van der Waals surface area contributed by atoms with Crippen LogP contribution in [0.2, 0.25) is 0 Å². The molecule has 5 heteroatoms. The van der Waals surface area contributed by atoms with E-state index < -0.39 is 23.9 Å². The van der Waals surface area contributed by atoms with Gasteiger partial charge in [-0.2, -0.15) is 0 Å². The Labute approximate surface area is 105 Å². The highest BCUT2D eigenvalue weighted by atomic mass is 16.6. The third kappa shape index (κ3) is 2.41. The first-order chi connectivity index (χ1) is 8.45. The minimum atomic E-state index is -0.987. The van der Waals surface area contributed by atoms with Gasteiger partial charge < -0.3 is 19.7 Å². The molecule has 0 aromatic rings. The maximum absolute atomic E-state index is 10.6. The van der Waals surface area contributed by atoms with Crippen molar-refractivity contribution in [2.24, 2.45) is 5.92 Å². The topological polar surface area (TPSA) is 79.3 Å². The maximum Gasteiger partial charge on any atom is 0.302 e. The second-order valence-electron chi connectivity index (χ2n) is 4.62. The smallest absolute Gasteiger partial charge is 0.302 e. The van der Waals surface area contributed by atoms with E-state index in [-0.39, 0.29) is 18.5 Å². The van der Waals surface area contributed by atoms with Gasteiger partial charge in [0.2, 0.25) is 0 Å². The highest BCUT2D eigenvalue weighted by molar-refractivity contribution is 5.65. The molecule has 0 aromatic heterocycles. The standard InChI is InChI=1S/C13H16O5/c1-8(7-17-9(2)14)5-6-13-11(16)4-3-10(15)12(13)18-13/h3-4,8,10-12,15-16H,7H2,1-2H3. The summed E-state index contributed by atoms with van der Waals surface area (Å²) in [5, 5.41) is 19.4. The highest BCUT2D eigenvalue weighted by Crippen LogP contribution is 2.45. The average molecular weight is 252 g/mol. The van der Waals surface area contributed by atoms with E-state index in [0.717, 1.165) is 0 Å². The van der Waals surface area contributed by atoms with Crippen LogP contribution < -0.4 is 0 Å². The van der Waals surface area contributed by atoms with Crippen LogP contribution in [0.15, 0.2) is 12.2 Å². The molecule has 1 aliphatic heterocycles. The molecule has 2 aliphatic rings. The Morgan fingerprint density at radius 3 is 2.94 bits per heavy atom. The van der Waals surface area contributed by atoms with Gasteiger partial charge >= 0.3 is 5.97 Å². The molecule has 0 radical (unpaired) electrons. The molecule has 5 nitrogen and oxygen atoms in total. The Morgan fingerprint density at radius 1 is 1.56 bits per heavy atom. The molecule has 0 bridgehead atoms. The molecule has 0 aromatic carbocycles. The molecule has 98 valence electrons. The SMILES string of the molecule is CC(=O)OCC(C)C#CC12OC1C(O)C=CC2O. The van der Waals surface area contributed by atoms with Crippen molar-refractivity contribution in [3.63, 3.8) is 0 Å². The molecular weight excluding hydrogens is 236 g/mol.